The summed E-state index contributed by atoms with van der Waals surface area (Å²) in [5.74, 6) is 1.04. The highest BCUT2D eigenvalue weighted by Gasteiger charge is 2.04. The maximum absolute atomic E-state index is 4.31. The molecule has 0 aliphatic rings. The van der Waals surface area contributed by atoms with Gasteiger partial charge in [0.1, 0.15) is 10.8 Å². The quantitative estimate of drug-likeness (QED) is 0.865. The molecule has 0 amide bonds. The highest BCUT2D eigenvalue weighted by molar-refractivity contribution is 7.15. The van der Waals surface area contributed by atoms with E-state index in [1.165, 1.54) is 0 Å². The number of rotatable bonds is 5. The molecule has 0 unspecified atom stereocenters. The van der Waals surface area contributed by atoms with Crippen molar-refractivity contribution in [2.45, 2.75) is 33.4 Å². The summed E-state index contributed by atoms with van der Waals surface area (Å²) in [6.07, 6.45) is 4.95. The van der Waals surface area contributed by atoms with Crippen LogP contribution in [0.1, 0.15) is 24.2 Å². The van der Waals surface area contributed by atoms with Crippen LogP contribution in [0.5, 0.6) is 0 Å². The number of anilines is 1. The normalized spacial score (nSPS) is 10.6. The molecule has 2 rings (SSSR count). The lowest BCUT2D eigenvalue weighted by Crippen LogP contribution is -2.08. The number of imidazole rings is 1. The molecule has 6 heteroatoms. The van der Waals surface area contributed by atoms with Gasteiger partial charge in [-0.25, -0.2) is 4.98 Å². The zero-order valence-corrected chi connectivity index (χ0v) is 10.3. The summed E-state index contributed by atoms with van der Waals surface area (Å²) in [5.41, 5.74) is 0. The zero-order chi connectivity index (χ0) is 11.4. The van der Waals surface area contributed by atoms with Crippen molar-refractivity contribution in [3.63, 3.8) is 0 Å². The van der Waals surface area contributed by atoms with Crippen molar-refractivity contribution < 1.29 is 0 Å². The van der Waals surface area contributed by atoms with E-state index in [1.807, 2.05) is 19.3 Å². The van der Waals surface area contributed by atoms with Crippen LogP contribution < -0.4 is 5.32 Å². The van der Waals surface area contributed by atoms with E-state index in [-0.39, 0.29) is 0 Å². The SMILES string of the molecule is CCCn1ccnc1CNc1nnc(C)s1. The summed E-state index contributed by atoms with van der Waals surface area (Å²) in [5, 5.41) is 13.0. The molecule has 0 saturated heterocycles. The molecule has 0 bridgehead atoms. The first-order valence-corrected chi connectivity index (χ1v) is 6.15. The van der Waals surface area contributed by atoms with Crippen molar-refractivity contribution in [1.82, 2.24) is 19.7 Å². The summed E-state index contributed by atoms with van der Waals surface area (Å²) in [7, 11) is 0. The van der Waals surface area contributed by atoms with E-state index in [2.05, 4.69) is 32.0 Å². The molecule has 86 valence electrons. The first kappa shape index (κ1) is 11.1. The van der Waals surface area contributed by atoms with Gasteiger partial charge in [-0.05, 0) is 13.3 Å². The molecule has 2 aromatic rings. The second-order valence-electron chi connectivity index (χ2n) is 3.52. The third-order valence-electron chi connectivity index (χ3n) is 2.19. The smallest absolute Gasteiger partial charge is 0.206 e. The predicted octanol–water partition coefficient (Wildman–Crippen LogP) is 2.07. The van der Waals surface area contributed by atoms with E-state index in [0.29, 0.717) is 6.54 Å². The van der Waals surface area contributed by atoms with Crippen LogP contribution in [0.15, 0.2) is 12.4 Å². The van der Waals surface area contributed by atoms with Crippen LogP contribution in [-0.4, -0.2) is 19.7 Å². The van der Waals surface area contributed by atoms with Crippen LogP contribution in [-0.2, 0) is 13.1 Å². The van der Waals surface area contributed by atoms with Crippen LogP contribution in [0, 0.1) is 6.92 Å². The Morgan fingerprint density at radius 1 is 1.44 bits per heavy atom. The van der Waals surface area contributed by atoms with Crippen LogP contribution >= 0.6 is 11.3 Å². The van der Waals surface area contributed by atoms with Gasteiger partial charge in [-0.3, -0.25) is 0 Å². The van der Waals surface area contributed by atoms with Crippen LogP contribution in [0.25, 0.3) is 0 Å². The zero-order valence-electron chi connectivity index (χ0n) is 9.47. The number of nitrogens with one attached hydrogen (secondary N) is 1. The molecule has 0 aliphatic heterocycles. The molecule has 2 aromatic heterocycles. The van der Waals surface area contributed by atoms with Crippen molar-refractivity contribution in [2.24, 2.45) is 0 Å². The fourth-order valence-electron chi connectivity index (χ4n) is 1.47. The van der Waals surface area contributed by atoms with Gasteiger partial charge in [-0.15, -0.1) is 10.2 Å². The molecule has 0 fully saturated rings. The fourth-order valence-corrected chi connectivity index (χ4v) is 2.06. The molecule has 16 heavy (non-hydrogen) atoms. The maximum atomic E-state index is 4.31. The van der Waals surface area contributed by atoms with E-state index >= 15 is 0 Å². The fraction of sp³-hybridized carbons (Fsp3) is 0.500. The number of hydrogen-bond donors (Lipinski definition) is 1. The lowest BCUT2D eigenvalue weighted by Gasteiger charge is -2.06. The Balaban J connectivity index is 1.96. The monoisotopic (exact) mass is 237 g/mol. The van der Waals surface area contributed by atoms with Gasteiger partial charge >= 0.3 is 0 Å². The predicted molar refractivity (Wildman–Crippen MR) is 64.5 cm³/mol. The number of aromatic nitrogens is 4. The lowest BCUT2D eigenvalue weighted by atomic mass is 10.4. The first-order chi connectivity index (χ1) is 7.79. The Bertz CT molecular complexity index is 448. The molecule has 2 heterocycles. The third kappa shape index (κ3) is 2.57. The van der Waals surface area contributed by atoms with Gasteiger partial charge in [0.05, 0.1) is 6.54 Å². The molecule has 0 saturated carbocycles. The third-order valence-corrected chi connectivity index (χ3v) is 2.99. The molecule has 5 nitrogen and oxygen atoms in total. The van der Waals surface area contributed by atoms with Gasteiger partial charge in [-0.2, -0.15) is 0 Å². The molecular weight excluding hydrogens is 222 g/mol. The summed E-state index contributed by atoms with van der Waals surface area (Å²) in [6.45, 7) is 5.81. The van der Waals surface area contributed by atoms with Gasteiger partial charge < -0.3 is 9.88 Å². The summed E-state index contributed by atoms with van der Waals surface area (Å²) >= 11 is 1.56. The first-order valence-electron chi connectivity index (χ1n) is 5.33. The minimum Gasteiger partial charge on any atom is -0.353 e. The average molecular weight is 237 g/mol. The highest BCUT2D eigenvalue weighted by Crippen LogP contribution is 2.14. The summed E-state index contributed by atoms with van der Waals surface area (Å²) in [6, 6.07) is 0. The Hall–Kier alpha value is -1.43. The van der Waals surface area contributed by atoms with Gasteiger partial charge in [0.2, 0.25) is 5.13 Å². The molecule has 0 aliphatic carbocycles. The van der Waals surface area contributed by atoms with E-state index in [0.717, 1.165) is 28.9 Å². The average Bonchev–Trinajstić information content (AvgIpc) is 2.85. The highest BCUT2D eigenvalue weighted by atomic mass is 32.1. The summed E-state index contributed by atoms with van der Waals surface area (Å²) in [4.78, 5) is 4.31. The number of nitrogens with zero attached hydrogens (tertiary/aromatic N) is 4. The largest absolute Gasteiger partial charge is 0.353 e. The standard InChI is InChI=1S/C10H15N5S/c1-3-5-15-6-4-11-9(15)7-12-10-14-13-8(2)16-10/h4,6H,3,5,7H2,1-2H3,(H,12,14). The van der Waals surface area contributed by atoms with E-state index in [9.17, 15) is 0 Å². The van der Waals surface area contributed by atoms with E-state index < -0.39 is 0 Å². The minimum absolute atomic E-state index is 0.696. The van der Waals surface area contributed by atoms with Crippen molar-refractivity contribution in [2.75, 3.05) is 5.32 Å². The molecule has 0 aromatic carbocycles. The van der Waals surface area contributed by atoms with Gasteiger partial charge in [-0.1, -0.05) is 18.3 Å². The van der Waals surface area contributed by atoms with Gasteiger partial charge in [0.25, 0.3) is 0 Å². The summed E-state index contributed by atoms with van der Waals surface area (Å²) < 4.78 is 2.15. The topological polar surface area (TPSA) is 55.6 Å². The van der Waals surface area contributed by atoms with Crippen molar-refractivity contribution in [1.29, 1.82) is 0 Å². The van der Waals surface area contributed by atoms with Gasteiger partial charge in [0.15, 0.2) is 0 Å². The minimum atomic E-state index is 0.696. The second-order valence-corrected chi connectivity index (χ2v) is 4.70. The van der Waals surface area contributed by atoms with Crippen molar-refractivity contribution in [3.8, 4) is 0 Å². The number of hydrogen-bond acceptors (Lipinski definition) is 5. The van der Waals surface area contributed by atoms with Crippen LogP contribution in [0.4, 0.5) is 5.13 Å². The van der Waals surface area contributed by atoms with Crippen LogP contribution in [0.2, 0.25) is 0 Å². The molecule has 0 radical (unpaired) electrons. The van der Waals surface area contributed by atoms with E-state index in [1.54, 1.807) is 11.3 Å². The second kappa shape index (κ2) is 5.07. The van der Waals surface area contributed by atoms with E-state index in [4.69, 9.17) is 0 Å². The van der Waals surface area contributed by atoms with Crippen molar-refractivity contribution >= 4 is 16.5 Å². The van der Waals surface area contributed by atoms with Gasteiger partial charge in [0, 0.05) is 18.9 Å². The Morgan fingerprint density at radius 3 is 3.00 bits per heavy atom. The Labute approximate surface area is 98.5 Å². The maximum Gasteiger partial charge on any atom is 0.206 e. The van der Waals surface area contributed by atoms with Crippen LogP contribution in [0.3, 0.4) is 0 Å². The molecular formula is C10H15N5S. The Kier molecular flexibility index (Phi) is 3.51. The molecule has 1 N–H and O–H groups in total. The number of aryl methyl sites for hydroxylation is 2. The molecule has 0 atom stereocenters. The Morgan fingerprint density at radius 2 is 2.31 bits per heavy atom. The van der Waals surface area contributed by atoms with Crippen molar-refractivity contribution in [3.05, 3.63) is 23.2 Å². The lowest BCUT2D eigenvalue weighted by molar-refractivity contribution is 0.644. The molecule has 0 spiro atoms.